The molecule has 0 N–H and O–H groups in total. The summed E-state index contributed by atoms with van der Waals surface area (Å²) in [5, 5.41) is 0. The van der Waals surface area contributed by atoms with Gasteiger partial charge in [0.25, 0.3) is 11.6 Å². The van der Waals surface area contributed by atoms with Crippen LogP contribution in [0.2, 0.25) is 0 Å². The molecular formula is C16H16F12N2O5. The Balaban J connectivity index is -0.000000441. The number of carbonyl (C=O) groups excluding carboxylic acids is 4. The first-order valence-corrected chi connectivity index (χ1v) is 8.04. The molecule has 0 radical (unpaired) electrons. The Kier molecular flexibility index (Phi) is 14.7. The average Bonchev–Trinajstić information content (AvgIpc) is 2.61. The summed E-state index contributed by atoms with van der Waals surface area (Å²) in [7, 11) is 6.11. The summed E-state index contributed by atoms with van der Waals surface area (Å²) < 4.78 is 139. The fraction of sp³-hybridized carbons (Fsp3) is 0.500. The Morgan fingerprint density at radius 3 is 0.886 bits per heavy atom. The Hall–Kier alpha value is -3.28. The second kappa shape index (κ2) is 14.2. The lowest BCUT2D eigenvalue weighted by molar-refractivity contribution is -0.221. The van der Waals surface area contributed by atoms with Crippen LogP contribution in [0.3, 0.4) is 0 Å². The lowest BCUT2D eigenvalue weighted by atomic mass is 10.4. The third kappa shape index (κ3) is 21.0. The molecular weight excluding hydrogens is 528 g/mol. The van der Waals surface area contributed by atoms with Crippen molar-refractivity contribution in [2.24, 2.45) is 0 Å². The third-order valence-electron chi connectivity index (χ3n) is 2.26. The number of nitrogens with zero attached hydrogens (tertiary/aromatic N) is 2. The fourth-order valence-electron chi connectivity index (χ4n) is 0.822. The van der Waals surface area contributed by atoms with Crippen LogP contribution in [0.5, 0.6) is 0 Å². The molecule has 0 spiro atoms. The minimum Gasteiger partial charge on any atom is -0.383 e. The van der Waals surface area contributed by atoms with Gasteiger partial charge in [0.1, 0.15) is 0 Å². The van der Waals surface area contributed by atoms with Crippen molar-refractivity contribution in [2.75, 3.05) is 28.2 Å². The highest BCUT2D eigenvalue weighted by atomic mass is 19.4. The predicted molar refractivity (Wildman–Crippen MR) is 91.0 cm³/mol. The summed E-state index contributed by atoms with van der Waals surface area (Å²) in [5.74, 6) is -10.1. The number of esters is 2. The van der Waals surface area contributed by atoms with Gasteiger partial charge < -0.3 is 14.5 Å². The van der Waals surface area contributed by atoms with E-state index in [4.69, 9.17) is 0 Å². The SMILES string of the molecule is CN(C)C=CC(=O)C(F)(F)F.CN(C)C=CC(=O)C(F)(F)F.O=C(OC(=O)C(F)(F)F)C(F)(F)F. The number of halogens is 12. The van der Waals surface area contributed by atoms with Crippen LogP contribution in [0.1, 0.15) is 0 Å². The van der Waals surface area contributed by atoms with Crippen LogP contribution in [-0.4, -0.2) is 86.2 Å². The Bertz CT molecular complexity index is 712. The van der Waals surface area contributed by atoms with Crippen LogP contribution in [0.4, 0.5) is 52.7 Å². The molecule has 0 aliphatic rings. The maximum absolute atomic E-state index is 11.5. The monoisotopic (exact) mass is 544 g/mol. The van der Waals surface area contributed by atoms with Gasteiger partial charge in [0.15, 0.2) is 0 Å². The molecule has 0 rings (SSSR count). The van der Waals surface area contributed by atoms with Gasteiger partial charge in [0.2, 0.25) is 0 Å². The van der Waals surface area contributed by atoms with E-state index in [2.05, 4.69) is 4.74 Å². The van der Waals surface area contributed by atoms with Crippen molar-refractivity contribution in [3.63, 3.8) is 0 Å². The molecule has 0 heterocycles. The van der Waals surface area contributed by atoms with E-state index in [0.717, 1.165) is 12.4 Å². The third-order valence-corrected chi connectivity index (χ3v) is 2.26. The molecule has 0 bridgehead atoms. The topological polar surface area (TPSA) is 84.0 Å². The lowest BCUT2D eigenvalue weighted by Crippen LogP contribution is -2.34. The fourth-order valence-corrected chi connectivity index (χ4v) is 0.822. The number of hydrogen-bond donors (Lipinski definition) is 0. The van der Waals surface area contributed by atoms with Gasteiger partial charge in [0, 0.05) is 52.7 Å². The zero-order valence-corrected chi connectivity index (χ0v) is 17.8. The number of ether oxygens (including phenoxy) is 1. The summed E-state index contributed by atoms with van der Waals surface area (Å²) in [6, 6.07) is 0. The van der Waals surface area contributed by atoms with Crippen molar-refractivity contribution in [1.29, 1.82) is 0 Å². The van der Waals surface area contributed by atoms with Crippen molar-refractivity contribution in [3.05, 3.63) is 24.6 Å². The first kappa shape index (κ1) is 36.3. The minimum atomic E-state index is -5.62. The van der Waals surface area contributed by atoms with Gasteiger partial charge in [-0.15, -0.1) is 0 Å². The largest absolute Gasteiger partial charge is 0.491 e. The number of alkyl halides is 12. The van der Waals surface area contributed by atoms with Crippen molar-refractivity contribution < 1.29 is 76.6 Å². The van der Waals surface area contributed by atoms with Crippen LogP contribution in [0, 0.1) is 0 Å². The highest BCUT2D eigenvalue weighted by Gasteiger charge is 2.49. The Labute approximate surface area is 188 Å². The first-order chi connectivity index (χ1) is 15.2. The van der Waals surface area contributed by atoms with E-state index in [1.807, 2.05) is 0 Å². The van der Waals surface area contributed by atoms with E-state index >= 15 is 0 Å². The van der Waals surface area contributed by atoms with E-state index in [1.54, 1.807) is 0 Å². The smallest absolute Gasteiger partial charge is 0.383 e. The molecule has 204 valence electrons. The van der Waals surface area contributed by atoms with Gasteiger partial charge in [-0.3, -0.25) is 9.59 Å². The van der Waals surface area contributed by atoms with E-state index in [-0.39, 0.29) is 0 Å². The van der Waals surface area contributed by atoms with Gasteiger partial charge >= 0.3 is 36.6 Å². The van der Waals surface area contributed by atoms with Gasteiger partial charge in [0.05, 0.1) is 0 Å². The van der Waals surface area contributed by atoms with Crippen LogP contribution >= 0.6 is 0 Å². The maximum atomic E-state index is 11.5. The van der Waals surface area contributed by atoms with Crippen LogP contribution < -0.4 is 0 Å². The van der Waals surface area contributed by atoms with Crippen LogP contribution in [0.15, 0.2) is 24.6 Å². The molecule has 0 saturated carbocycles. The molecule has 0 aliphatic carbocycles. The second-order valence-electron chi connectivity index (χ2n) is 5.96. The Morgan fingerprint density at radius 2 is 0.743 bits per heavy atom. The van der Waals surface area contributed by atoms with Crippen molar-refractivity contribution >= 4 is 23.5 Å². The highest BCUT2D eigenvalue weighted by molar-refractivity contribution is 5.94. The van der Waals surface area contributed by atoms with E-state index < -0.39 is 48.2 Å². The molecule has 0 aromatic rings. The lowest BCUT2D eigenvalue weighted by Gasteiger charge is -2.06. The number of ketones is 2. The van der Waals surface area contributed by atoms with Crippen LogP contribution in [-0.2, 0) is 23.9 Å². The van der Waals surface area contributed by atoms with Gasteiger partial charge in [-0.05, 0) is 0 Å². The summed E-state index contributed by atoms with van der Waals surface area (Å²) in [5.41, 5.74) is 0. The van der Waals surface area contributed by atoms with Crippen LogP contribution in [0.25, 0.3) is 0 Å². The number of allylic oxidation sites excluding steroid dienone is 2. The molecule has 7 nitrogen and oxygen atoms in total. The summed E-state index contributed by atoms with van der Waals surface area (Å²) in [4.78, 5) is 42.3. The Morgan fingerprint density at radius 1 is 0.514 bits per heavy atom. The molecule has 0 atom stereocenters. The molecule has 35 heavy (non-hydrogen) atoms. The molecule has 0 fully saturated rings. The number of rotatable bonds is 4. The zero-order chi connectivity index (χ0) is 29.0. The molecule has 0 aromatic heterocycles. The standard InChI is InChI=1S/2C6H8F3NO.C4F6O3/c2*1-10(2)4-3-5(11)6(7,8)9;5-3(6,7)1(11)13-2(12)4(8,9)10/h2*3-4H,1-2H3;. The molecule has 19 heteroatoms. The van der Waals surface area contributed by atoms with Crippen molar-refractivity contribution in [3.8, 4) is 0 Å². The molecule has 0 aliphatic heterocycles. The van der Waals surface area contributed by atoms with E-state index in [1.165, 1.54) is 38.0 Å². The molecule has 0 aromatic carbocycles. The maximum Gasteiger partial charge on any atom is 0.491 e. The second-order valence-corrected chi connectivity index (χ2v) is 5.96. The summed E-state index contributed by atoms with van der Waals surface area (Å²) >= 11 is 0. The average molecular weight is 544 g/mol. The number of hydrogen-bond acceptors (Lipinski definition) is 7. The predicted octanol–water partition coefficient (Wildman–Crippen LogP) is 3.57. The first-order valence-electron chi connectivity index (χ1n) is 8.04. The minimum absolute atomic E-state index is 0.486. The van der Waals surface area contributed by atoms with Crippen molar-refractivity contribution in [1.82, 2.24) is 9.80 Å². The summed E-state index contributed by atoms with van der Waals surface area (Å²) in [6.07, 6.45) is -17.7. The molecule has 0 amide bonds. The van der Waals surface area contributed by atoms with Gasteiger partial charge in [-0.2, -0.15) is 52.7 Å². The normalized spacial score (nSPS) is 12.2. The molecule has 0 unspecified atom stereocenters. The van der Waals surface area contributed by atoms with Crippen molar-refractivity contribution in [2.45, 2.75) is 24.7 Å². The summed E-state index contributed by atoms with van der Waals surface area (Å²) in [6.45, 7) is 0. The zero-order valence-electron chi connectivity index (χ0n) is 17.8. The quantitative estimate of drug-likeness (QED) is 0.232. The molecule has 0 saturated heterocycles. The van der Waals surface area contributed by atoms with Gasteiger partial charge in [-0.1, -0.05) is 0 Å². The highest BCUT2D eigenvalue weighted by Crippen LogP contribution is 2.21. The van der Waals surface area contributed by atoms with E-state index in [9.17, 15) is 71.9 Å². The van der Waals surface area contributed by atoms with Gasteiger partial charge in [-0.25, -0.2) is 9.59 Å². The number of carbonyl (C=O) groups is 4. The van der Waals surface area contributed by atoms with E-state index in [0.29, 0.717) is 12.2 Å².